The van der Waals surface area contributed by atoms with E-state index in [1.807, 2.05) is 18.3 Å². The lowest BCUT2D eigenvalue weighted by Gasteiger charge is -2.13. The van der Waals surface area contributed by atoms with Crippen LogP contribution in [0.4, 0.5) is 5.82 Å². The van der Waals surface area contributed by atoms with Gasteiger partial charge in [-0.05, 0) is 31.7 Å². The van der Waals surface area contributed by atoms with E-state index in [-0.39, 0.29) is 0 Å². The van der Waals surface area contributed by atoms with E-state index in [4.69, 9.17) is 0 Å². The van der Waals surface area contributed by atoms with Crippen LogP contribution in [0, 0.1) is 5.92 Å². The Morgan fingerprint density at radius 3 is 3.13 bits per heavy atom. The molecule has 0 radical (unpaired) electrons. The van der Waals surface area contributed by atoms with E-state index >= 15 is 0 Å². The van der Waals surface area contributed by atoms with Crippen LogP contribution in [-0.2, 0) is 0 Å². The first-order valence-corrected chi connectivity index (χ1v) is 5.40. The van der Waals surface area contributed by atoms with Crippen molar-refractivity contribution >= 4 is 11.5 Å². The fraction of sp³-hybridized carbons (Fsp3) is 0.455. The second-order valence-corrected chi connectivity index (χ2v) is 4.22. The third kappa shape index (κ3) is 1.67. The van der Waals surface area contributed by atoms with Crippen molar-refractivity contribution < 1.29 is 0 Å². The monoisotopic (exact) mass is 202 g/mol. The topological polar surface area (TPSA) is 42.2 Å². The normalized spacial score (nSPS) is 17.9. The molecule has 1 atom stereocenters. The van der Waals surface area contributed by atoms with Crippen molar-refractivity contribution in [1.82, 2.24) is 14.6 Å². The minimum Gasteiger partial charge on any atom is -0.367 e. The number of anilines is 1. The molecule has 2 aromatic rings. The molecule has 1 unspecified atom stereocenters. The van der Waals surface area contributed by atoms with E-state index in [1.165, 1.54) is 12.8 Å². The molecule has 2 aromatic heterocycles. The van der Waals surface area contributed by atoms with E-state index in [9.17, 15) is 0 Å². The Hall–Kier alpha value is -1.58. The molecule has 0 aromatic carbocycles. The number of nitrogens with one attached hydrogen (secondary N) is 1. The van der Waals surface area contributed by atoms with Crippen LogP contribution in [0.3, 0.4) is 0 Å². The van der Waals surface area contributed by atoms with Gasteiger partial charge < -0.3 is 5.32 Å². The highest BCUT2D eigenvalue weighted by molar-refractivity contribution is 5.45. The zero-order valence-electron chi connectivity index (χ0n) is 8.72. The molecule has 2 heterocycles. The summed E-state index contributed by atoms with van der Waals surface area (Å²) in [5.74, 6) is 1.79. The van der Waals surface area contributed by atoms with Crippen molar-refractivity contribution in [3.05, 3.63) is 24.5 Å². The van der Waals surface area contributed by atoms with Gasteiger partial charge in [-0.25, -0.2) is 9.50 Å². The maximum absolute atomic E-state index is 4.47. The number of hydrogen-bond donors (Lipinski definition) is 1. The molecule has 4 heteroatoms. The van der Waals surface area contributed by atoms with Gasteiger partial charge in [0.1, 0.15) is 5.82 Å². The van der Waals surface area contributed by atoms with Crippen LogP contribution < -0.4 is 5.32 Å². The minimum absolute atomic E-state index is 0.530. The Morgan fingerprint density at radius 2 is 2.33 bits per heavy atom. The first kappa shape index (κ1) is 8.71. The van der Waals surface area contributed by atoms with Crippen molar-refractivity contribution in [3.8, 4) is 0 Å². The second kappa shape index (κ2) is 3.22. The number of nitrogens with zero attached hydrogens (tertiary/aromatic N) is 3. The van der Waals surface area contributed by atoms with Gasteiger partial charge in [0, 0.05) is 18.3 Å². The number of rotatable bonds is 3. The van der Waals surface area contributed by atoms with Gasteiger partial charge in [-0.1, -0.05) is 0 Å². The summed E-state index contributed by atoms with van der Waals surface area (Å²) in [6, 6.07) is 4.41. The van der Waals surface area contributed by atoms with E-state index in [2.05, 4.69) is 22.3 Å². The van der Waals surface area contributed by atoms with Crippen LogP contribution in [0.15, 0.2) is 24.5 Å². The highest BCUT2D eigenvalue weighted by atomic mass is 15.2. The van der Waals surface area contributed by atoms with Gasteiger partial charge in [0.15, 0.2) is 5.65 Å². The molecule has 1 fully saturated rings. The number of aromatic nitrogens is 3. The molecule has 1 aliphatic carbocycles. The molecule has 78 valence electrons. The smallest absolute Gasteiger partial charge is 0.157 e. The van der Waals surface area contributed by atoms with E-state index in [0.717, 1.165) is 17.4 Å². The van der Waals surface area contributed by atoms with Crippen LogP contribution in [0.2, 0.25) is 0 Å². The molecule has 4 nitrogen and oxygen atoms in total. The summed E-state index contributed by atoms with van der Waals surface area (Å²) in [4.78, 5) is 4.47. The Labute approximate surface area is 88.3 Å². The van der Waals surface area contributed by atoms with Crippen molar-refractivity contribution in [3.63, 3.8) is 0 Å². The van der Waals surface area contributed by atoms with E-state index in [1.54, 1.807) is 10.7 Å². The number of hydrogen-bond acceptors (Lipinski definition) is 3. The summed E-state index contributed by atoms with van der Waals surface area (Å²) < 4.78 is 1.77. The fourth-order valence-corrected chi connectivity index (χ4v) is 1.84. The summed E-state index contributed by atoms with van der Waals surface area (Å²) in [7, 11) is 0. The van der Waals surface area contributed by atoms with Crippen molar-refractivity contribution in [2.75, 3.05) is 5.32 Å². The van der Waals surface area contributed by atoms with Crippen molar-refractivity contribution in [1.29, 1.82) is 0 Å². The zero-order valence-corrected chi connectivity index (χ0v) is 8.72. The van der Waals surface area contributed by atoms with Crippen molar-refractivity contribution in [2.24, 2.45) is 5.92 Å². The lowest BCUT2D eigenvalue weighted by atomic mass is 10.2. The summed E-state index contributed by atoms with van der Waals surface area (Å²) in [6.07, 6.45) is 6.40. The molecule has 1 saturated carbocycles. The SMILES string of the molecule is CC(Nc1ccn2nccc2n1)C1CC1. The third-order valence-electron chi connectivity index (χ3n) is 2.96. The van der Waals surface area contributed by atoms with Crippen LogP contribution in [0.25, 0.3) is 5.65 Å². The molecule has 0 amide bonds. The Balaban J connectivity index is 1.83. The molecular formula is C11H14N4. The lowest BCUT2D eigenvalue weighted by molar-refractivity contribution is 0.690. The van der Waals surface area contributed by atoms with Crippen LogP contribution in [0.1, 0.15) is 19.8 Å². The summed E-state index contributed by atoms with van der Waals surface area (Å²) in [6.45, 7) is 2.22. The molecule has 0 bridgehead atoms. The summed E-state index contributed by atoms with van der Waals surface area (Å²) in [5, 5.41) is 7.55. The van der Waals surface area contributed by atoms with Gasteiger partial charge in [-0.2, -0.15) is 5.10 Å². The Morgan fingerprint density at radius 1 is 1.47 bits per heavy atom. The average molecular weight is 202 g/mol. The quantitative estimate of drug-likeness (QED) is 0.827. The average Bonchev–Trinajstić information content (AvgIpc) is 2.98. The number of fused-ring (bicyclic) bond motifs is 1. The third-order valence-corrected chi connectivity index (χ3v) is 2.96. The van der Waals surface area contributed by atoms with Gasteiger partial charge in [-0.3, -0.25) is 0 Å². The molecule has 15 heavy (non-hydrogen) atoms. The van der Waals surface area contributed by atoms with Crippen LogP contribution in [-0.4, -0.2) is 20.6 Å². The standard InChI is InChI=1S/C11H14N4/c1-8(9-2-3-9)13-10-5-7-15-11(14-10)4-6-12-15/h4-9H,2-3H2,1H3,(H,13,14). The van der Waals surface area contributed by atoms with Gasteiger partial charge in [0.05, 0.1) is 6.20 Å². The van der Waals surface area contributed by atoms with E-state index in [0.29, 0.717) is 6.04 Å². The van der Waals surface area contributed by atoms with Gasteiger partial charge in [-0.15, -0.1) is 0 Å². The summed E-state index contributed by atoms with van der Waals surface area (Å²) >= 11 is 0. The van der Waals surface area contributed by atoms with Gasteiger partial charge in [0.2, 0.25) is 0 Å². The summed E-state index contributed by atoms with van der Waals surface area (Å²) in [5.41, 5.74) is 0.892. The highest BCUT2D eigenvalue weighted by Crippen LogP contribution is 2.33. The predicted molar refractivity (Wildman–Crippen MR) is 58.8 cm³/mol. The van der Waals surface area contributed by atoms with Gasteiger partial charge in [0.25, 0.3) is 0 Å². The molecular weight excluding hydrogens is 188 g/mol. The molecule has 0 spiro atoms. The molecule has 0 aliphatic heterocycles. The van der Waals surface area contributed by atoms with Crippen LogP contribution in [0.5, 0.6) is 0 Å². The molecule has 0 saturated heterocycles. The second-order valence-electron chi connectivity index (χ2n) is 4.22. The fourth-order valence-electron chi connectivity index (χ4n) is 1.84. The molecule has 3 rings (SSSR count). The Kier molecular flexibility index (Phi) is 1.87. The maximum atomic E-state index is 4.47. The molecule has 1 aliphatic rings. The largest absolute Gasteiger partial charge is 0.367 e. The minimum atomic E-state index is 0.530. The molecule has 1 N–H and O–H groups in total. The first-order valence-electron chi connectivity index (χ1n) is 5.40. The highest BCUT2D eigenvalue weighted by Gasteiger charge is 2.27. The van der Waals surface area contributed by atoms with E-state index < -0.39 is 0 Å². The van der Waals surface area contributed by atoms with Gasteiger partial charge >= 0.3 is 0 Å². The predicted octanol–water partition coefficient (Wildman–Crippen LogP) is 1.94. The Bertz CT molecular complexity index is 472. The van der Waals surface area contributed by atoms with Crippen LogP contribution >= 0.6 is 0 Å². The first-order chi connectivity index (χ1) is 7.33. The lowest BCUT2D eigenvalue weighted by Crippen LogP contribution is -2.18. The maximum Gasteiger partial charge on any atom is 0.157 e. The van der Waals surface area contributed by atoms with Crippen molar-refractivity contribution in [2.45, 2.75) is 25.8 Å². The zero-order chi connectivity index (χ0) is 10.3.